The normalized spacial score (nSPS) is 25.8. The van der Waals surface area contributed by atoms with Crippen LogP contribution < -0.4 is 10.8 Å². The van der Waals surface area contributed by atoms with Crippen molar-refractivity contribution in [2.24, 2.45) is 5.41 Å². The van der Waals surface area contributed by atoms with Gasteiger partial charge in [0, 0.05) is 11.8 Å². The molecule has 0 aliphatic carbocycles. The molecule has 3 heterocycles. The zero-order valence-electron chi connectivity index (χ0n) is 21.7. The minimum absolute atomic E-state index is 0.0157. The summed E-state index contributed by atoms with van der Waals surface area (Å²) in [7, 11) is -3.91. The molecule has 1 unspecified atom stereocenters. The van der Waals surface area contributed by atoms with E-state index < -0.39 is 43.8 Å². The van der Waals surface area contributed by atoms with Crippen LogP contribution in [-0.2, 0) is 23.1 Å². The molecule has 1 aliphatic rings. The molecule has 2 aromatic rings. The third kappa shape index (κ3) is 6.84. The molecule has 38 heavy (non-hydrogen) atoms. The van der Waals surface area contributed by atoms with E-state index in [1.54, 1.807) is 27.7 Å². The van der Waals surface area contributed by atoms with Crippen LogP contribution in [0.1, 0.15) is 40.8 Å². The number of nitrogen functional groups attached to an aromatic ring is 1. The van der Waals surface area contributed by atoms with E-state index in [0.717, 1.165) is 11.8 Å². The Bertz CT molecular complexity index is 1200. The molecule has 1 saturated heterocycles. The van der Waals surface area contributed by atoms with Crippen molar-refractivity contribution in [2.45, 2.75) is 64.7 Å². The van der Waals surface area contributed by atoms with E-state index in [2.05, 4.69) is 20.0 Å². The van der Waals surface area contributed by atoms with E-state index in [-0.39, 0.29) is 52.4 Å². The number of hydrogen-bond acceptors (Lipinski definition) is 13. The first-order valence-corrected chi connectivity index (χ1v) is 14.7. The molecule has 6 N–H and O–H groups in total. The van der Waals surface area contributed by atoms with Gasteiger partial charge in [0.05, 0.1) is 31.6 Å². The zero-order valence-corrected chi connectivity index (χ0v) is 24.2. The van der Waals surface area contributed by atoms with Crippen molar-refractivity contribution in [3.05, 3.63) is 11.5 Å². The van der Waals surface area contributed by atoms with Crippen LogP contribution in [0.15, 0.2) is 6.33 Å². The summed E-state index contributed by atoms with van der Waals surface area (Å²) in [5.41, 5.74) is 3.38. The molecule has 14 nitrogen and oxygen atoms in total. The molecular weight excluding hydrogens is 563 g/mol. The second-order valence-electron chi connectivity index (χ2n) is 9.98. The highest BCUT2D eigenvalue weighted by molar-refractivity contribution is 8.13. The van der Waals surface area contributed by atoms with E-state index in [9.17, 15) is 24.7 Å². The fourth-order valence-electron chi connectivity index (χ4n) is 3.60. The summed E-state index contributed by atoms with van der Waals surface area (Å²) in [6.07, 6.45) is -2.42. The summed E-state index contributed by atoms with van der Waals surface area (Å²) in [6, 6.07) is -0.291. The number of hydrogen-bond donors (Lipinski definition) is 5. The lowest BCUT2D eigenvalue weighted by atomic mass is 9.96. The first-order chi connectivity index (χ1) is 17.6. The Labute approximate surface area is 229 Å². The van der Waals surface area contributed by atoms with Gasteiger partial charge in [-0.1, -0.05) is 23.4 Å². The highest BCUT2D eigenvalue weighted by atomic mass is 35.5. The van der Waals surface area contributed by atoms with E-state index in [1.165, 1.54) is 17.8 Å². The first kappa shape index (κ1) is 31.1. The zero-order chi connectivity index (χ0) is 28.5. The van der Waals surface area contributed by atoms with Crippen molar-refractivity contribution in [2.75, 3.05) is 31.3 Å². The van der Waals surface area contributed by atoms with Crippen LogP contribution in [0.2, 0.25) is 5.15 Å². The molecule has 3 rings (SSSR count). The fraction of sp³-hybridized carbons (Fsp3) is 0.714. The molecule has 1 fully saturated rings. The number of nitrogens with two attached hydrogens (primary N) is 1. The lowest BCUT2D eigenvalue weighted by Gasteiger charge is -2.27. The van der Waals surface area contributed by atoms with Crippen molar-refractivity contribution in [1.29, 1.82) is 0 Å². The number of rotatable bonds is 12. The van der Waals surface area contributed by atoms with E-state index in [4.69, 9.17) is 31.1 Å². The average Bonchev–Trinajstić information content (AvgIpc) is 3.33. The molecule has 0 bridgehead atoms. The Balaban J connectivity index is 1.69. The van der Waals surface area contributed by atoms with Crippen molar-refractivity contribution >= 4 is 53.3 Å². The number of aromatic nitrogens is 4. The number of fused-ring (bicyclic) bond motifs is 1. The van der Waals surface area contributed by atoms with Gasteiger partial charge in [0.1, 0.15) is 23.3 Å². The van der Waals surface area contributed by atoms with Crippen LogP contribution in [0.5, 0.6) is 0 Å². The summed E-state index contributed by atoms with van der Waals surface area (Å²) < 4.78 is 31.7. The van der Waals surface area contributed by atoms with Crippen molar-refractivity contribution in [1.82, 2.24) is 24.6 Å². The highest BCUT2D eigenvalue weighted by Gasteiger charge is 2.54. The number of aliphatic hydroxyl groups excluding tert-OH is 2. The predicted octanol–water partition coefficient (Wildman–Crippen LogP) is 1.49. The first-order valence-electron chi connectivity index (χ1n) is 11.8. The number of thioether (sulfide) groups is 1. The second kappa shape index (κ2) is 12.0. The number of carbonyl (C=O) groups excluding carboxylic acids is 1. The van der Waals surface area contributed by atoms with Gasteiger partial charge in [-0.15, -0.1) is 0 Å². The summed E-state index contributed by atoms with van der Waals surface area (Å²) >= 11 is 7.04. The van der Waals surface area contributed by atoms with Crippen LogP contribution >= 0.6 is 31.1 Å². The van der Waals surface area contributed by atoms with Crippen LogP contribution in [-0.4, -0.2) is 89.4 Å². The molecule has 0 aromatic carbocycles. The lowest BCUT2D eigenvalue weighted by Crippen LogP contribution is -2.44. The summed E-state index contributed by atoms with van der Waals surface area (Å²) in [6.45, 7) is 7.30. The molecule has 214 valence electrons. The maximum absolute atomic E-state index is 13.4. The van der Waals surface area contributed by atoms with Gasteiger partial charge in [-0.05, 0) is 34.6 Å². The van der Waals surface area contributed by atoms with E-state index in [1.807, 2.05) is 0 Å². The molecule has 17 heteroatoms. The van der Waals surface area contributed by atoms with Crippen molar-refractivity contribution in [3.8, 4) is 0 Å². The fourth-order valence-corrected chi connectivity index (χ4v) is 6.28. The summed E-state index contributed by atoms with van der Waals surface area (Å²) in [4.78, 5) is 24.3. The number of imidazole rings is 1. The van der Waals surface area contributed by atoms with Gasteiger partial charge < -0.3 is 25.8 Å². The number of nitrogens with zero attached hydrogens (tertiary/aromatic N) is 4. The van der Waals surface area contributed by atoms with Gasteiger partial charge in [-0.3, -0.25) is 18.4 Å². The van der Waals surface area contributed by atoms with Crippen LogP contribution in [0.3, 0.4) is 0 Å². The quantitative estimate of drug-likeness (QED) is 0.134. The molecule has 1 aliphatic heterocycles. The third-order valence-electron chi connectivity index (χ3n) is 5.75. The largest absolute Gasteiger partial charge is 0.405 e. The molecular formula is C21H34ClN6O8PS. The molecule has 0 saturated carbocycles. The number of anilines is 1. The number of aliphatic hydroxyl groups is 3. The van der Waals surface area contributed by atoms with Gasteiger partial charge in [-0.2, -0.15) is 9.97 Å². The van der Waals surface area contributed by atoms with Crippen LogP contribution in [0.4, 0.5) is 5.95 Å². The maximum Gasteiger partial charge on any atom is 0.405 e. The minimum atomic E-state index is -3.91. The Hall–Kier alpha value is -1.39. The molecule has 0 amide bonds. The Kier molecular flexibility index (Phi) is 9.84. The molecule has 0 spiro atoms. The Morgan fingerprint density at radius 2 is 2.11 bits per heavy atom. The van der Waals surface area contributed by atoms with Crippen LogP contribution in [0, 0.1) is 5.41 Å². The monoisotopic (exact) mass is 596 g/mol. The van der Waals surface area contributed by atoms with E-state index >= 15 is 0 Å². The number of carbonyl (C=O) groups is 1. The number of nitrogens with one attached hydrogen (secondary N) is 1. The summed E-state index contributed by atoms with van der Waals surface area (Å²) in [5.74, 6) is 0.0654. The summed E-state index contributed by atoms with van der Waals surface area (Å²) in [5, 5.41) is 33.8. The second-order valence-corrected chi connectivity index (χ2v) is 13.2. The number of halogens is 1. The smallest absolute Gasteiger partial charge is 0.395 e. The van der Waals surface area contributed by atoms with Gasteiger partial charge in [0.2, 0.25) is 5.95 Å². The van der Waals surface area contributed by atoms with Gasteiger partial charge in [0.15, 0.2) is 22.1 Å². The molecule has 2 aromatic heterocycles. The molecule has 0 radical (unpaired) electrons. The van der Waals surface area contributed by atoms with Gasteiger partial charge in [-0.25, -0.2) is 14.6 Å². The van der Waals surface area contributed by atoms with E-state index in [0.29, 0.717) is 0 Å². The third-order valence-corrected chi connectivity index (χ3v) is 9.05. The van der Waals surface area contributed by atoms with Crippen LogP contribution in [0.25, 0.3) is 11.2 Å². The highest BCUT2D eigenvalue weighted by Crippen LogP contribution is 2.47. The van der Waals surface area contributed by atoms with Crippen molar-refractivity contribution in [3.63, 3.8) is 0 Å². The van der Waals surface area contributed by atoms with Gasteiger partial charge >= 0.3 is 7.75 Å². The SMILES string of the molecule is CC(C)NP(=O)(OCCSC(=O)C(C)(C)CO)OC[C@H]1O[C@@H](n2cnc3c(Cl)nc(N)nc32)[C@](C)(O)[C@@H]1O. The van der Waals surface area contributed by atoms with Gasteiger partial charge in [0.25, 0.3) is 0 Å². The minimum Gasteiger partial charge on any atom is -0.395 e. The maximum atomic E-state index is 13.4. The number of ether oxygens (including phenoxy) is 1. The topological polar surface area (TPSA) is 204 Å². The molecule has 5 atom stereocenters. The Morgan fingerprint density at radius 3 is 2.74 bits per heavy atom. The van der Waals surface area contributed by atoms with Crippen molar-refractivity contribution < 1.29 is 38.5 Å². The standard InChI is InChI=1S/C21H34ClN6O8PS/c1-11(2)27-37(33,34-6-7-38-18(31)20(3,4)9-29)35-8-12-14(30)21(5,32)17(36-12)28-10-24-13-15(22)25-19(23)26-16(13)28/h10-12,14,17,29-30,32H,6-9H2,1-5H3,(H,27,33)(H2,23,25,26)/t12-,14-,17-,21-,37?/m1/s1. The average molecular weight is 597 g/mol. The Morgan fingerprint density at radius 1 is 1.42 bits per heavy atom. The lowest BCUT2D eigenvalue weighted by molar-refractivity contribution is -0.119. The predicted molar refractivity (Wildman–Crippen MR) is 141 cm³/mol.